The van der Waals surface area contributed by atoms with Crippen LogP contribution in [0.5, 0.6) is 0 Å². The zero-order chi connectivity index (χ0) is 28.2. The van der Waals surface area contributed by atoms with Crippen LogP contribution in [0.4, 0.5) is 5.82 Å². The van der Waals surface area contributed by atoms with E-state index in [2.05, 4.69) is 43.6 Å². The molecule has 0 spiro atoms. The van der Waals surface area contributed by atoms with E-state index in [1.54, 1.807) is 27.5 Å². The van der Waals surface area contributed by atoms with Crippen molar-refractivity contribution in [3.8, 4) is 28.3 Å². The van der Waals surface area contributed by atoms with Gasteiger partial charge in [0.25, 0.3) is 5.91 Å². The Balaban J connectivity index is 1.05. The van der Waals surface area contributed by atoms with Gasteiger partial charge in [0.1, 0.15) is 17.6 Å². The first-order chi connectivity index (χ1) is 19.9. The van der Waals surface area contributed by atoms with E-state index < -0.39 is 0 Å². The van der Waals surface area contributed by atoms with Gasteiger partial charge in [-0.25, -0.2) is 14.5 Å². The molecule has 6 heterocycles. The maximum Gasteiger partial charge on any atom is 0.271 e. The van der Waals surface area contributed by atoms with Gasteiger partial charge in [0, 0.05) is 73.2 Å². The van der Waals surface area contributed by atoms with Crippen molar-refractivity contribution in [2.24, 2.45) is 24.8 Å². The number of hydrogen-bond acceptors (Lipinski definition) is 7. The number of anilines is 1. The molecule has 1 saturated carbocycles. The molecule has 0 bridgehead atoms. The molecule has 3 atom stereocenters. The van der Waals surface area contributed by atoms with Crippen molar-refractivity contribution in [1.82, 2.24) is 34.7 Å². The lowest BCUT2D eigenvalue weighted by molar-refractivity contribution is 0.0945. The molecule has 204 valence electrons. The molecular weight excluding hydrogens is 538 g/mol. The first kappa shape index (κ1) is 25.2. The van der Waals surface area contributed by atoms with Crippen LogP contribution in [0.25, 0.3) is 27.8 Å². The summed E-state index contributed by atoms with van der Waals surface area (Å²) >= 11 is 6.17. The molecule has 11 heteroatoms. The molecule has 5 aromatic heterocycles. The largest absolute Gasteiger partial charge is 0.356 e. The number of carbonyl (C=O) groups is 1. The Morgan fingerprint density at radius 2 is 1.90 bits per heavy atom. The molecule has 2 aliphatic rings. The minimum atomic E-state index is -0.225. The van der Waals surface area contributed by atoms with Crippen molar-refractivity contribution >= 4 is 28.8 Å². The fourth-order valence-corrected chi connectivity index (χ4v) is 6.21. The van der Waals surface area contributed by atoms with Crippen molar-refractivity contribution in [3.05, 3.63) is 83.3 Å². The maximum absolute atomic E-state index is 12.6. The van der Waals surface area contributed by atoms with Crippen LogP contribution in [0.2, 0.25) is 5.02 Å². The second-order valence-electron chi connectivity index (χ2n) is 10.8. The summed E-state index contributed by atoms with van der Waals surface area (Å²) in [5.74, 6) is 2.20. The summed E-state index contributed by atoms with van der Waals surface area (Å²) in [5.41, 5.74) is 6.04. The molecule has 0 aromatic carbocycles. The van der Waals surface area contributed by atoms with E-state index in [0.717, 1.165) is 52.4 Å². The Hall–Kier alpha value is -4.75. The lowest BCUT2D eigenvalue weighted by Crippen LogP contribution is -2.31. The summed E-state index contributed by atoms with van der Waals surface area (Å²) < 4.78 is 3.51. The topological polar surface area (TPSA) is 117 Å². The Morgan fingerprint density at radius 1 is 1.07 bits per heavy atom. The molecule has 1 amide bonds. The number of nitrogens with one attached hydrogen (secondary N) is 1. The Labute approximate surface area is 241 Å². The second kappa shape index (κ2) is 9.71. The fraction of sp³-hybridized carbons (Fsp3) is 0.267. The van der Waals surface area contributed by atoms with Gasteiger partial charge in [0.05, 0.1) is 28.5 Å². The molecule has 2 fully saturated rings. The number of pyridine rings is 3. The van der Waals surface area contributed by atoms with Gasteiger partial charge in [-0.05, 0) is 55.0 Å². The molecule has 1 N–H and O–H groups in total. The Kier molecular flexibility index (Phi) is 5.98. The molecule has 0 unspecified atom stereocenters. The van der Waals surface area contributed by atoms with Crippen molar-refractivity contribution in [3.63, 3.8) is 0 Å². The number of hydrogen-bond donors (Lipinski definition) is 1. The predicted octanol–water partition coefficient (Wildman–Crippen LogP) is 4.14. The average molecular weight is 564 g/mol. The van der Waals surface area contributed by atoms with E-state index in [0.29, 0.717) is 34.9 Å². The minimum Gasteiger partial charge on any atom is -0.356 e. The van der Waals surface area contributed by atoms with Gasteiger partial charge in [-0.3, -0.25) is 9.48 Å². The molecule has 10 nitrogen and oxygen atoms in total. The van der Waals surface area contributed by atoms with Crippen molar-refractivity contribution in [2.75, 3.05) is 24.5 Å². The number of carbonyl (C=O) groups excluding carboxylic acids is 1. The molecule has 0 radical (unpaired) electrons. The van der Waals surface area contributed by atoms with Gasteiger partial charge in [-0.1, -0.05) is 11.6 Å². The number of amides is 1. The predicted molar refractivity (Wildman–Crippen MR) is 154 cm³/mol. The standard InChI is InChI=1S/C30H26ClN9O/c1-17-3-5-26(31)28(37-17)30(41)34-12-23-24-15-39(16-25(23)24)27-6-4-18(9-33-27)22-7-19(21-11-35-38(2)13-21)14-40-29(22)20(8-32)10-36-40/h3-7,9-11,13-14,23-25H,12,15-16H2,1-2H3,(H,34,41)/t23-,24-,25+. The highest BCUT2D eigenvalue weighted by molar-refractivity contribution is 6.33. The number of aryl methyl sites for hydroxylation is 2. The highest BCUT2D eigenvalue weighted by atomic mass is 35.5. The number of nitrogens with zero attached hydrogens (tertiary/aromatic N) is 8. The lowest BCUT2D eigenvalue weighted by Gasteiger charge is -2.21. The maximum atomic E-state index is 12.6. The summed E-state index contributed by atoms with van der Waals surface area (Å²) in [6.07, 6.45) is 9.14. The van der Waals surface area contributed by atoms with Crippen LogP contribution >= 0.6 is 11.6 Å². The van der Waals surface area contributed by atoms with Gasteiger partial charge in [-0.15, -0.1) is 0 Å². The number of fused-ring (bicyclic) bond motifs is 2. The average Bonchev–Trinajstić information content (AvgIpc) is 3.42. The second-order valence-corrected chi connectivity index (χ2v) is 11.2. The Bertz CT molecular complexity index is 1840. The molecule has 7 rings (SSSR count). The third-order valence-electron chi connectivity index (χ3n) is 8.22. The van der Waals surface area contributed by atoms with Crippen molar-refractivity contribution in [2.45, 2.75) is 6.92 Å². The summed E-state index contributed by atoms with van der Waals surface area (Å²) in [4.78, 5) is 24.0. The highest BCUT2D eigenvalue weighted by Gasteiger charge is 2.55. The summed E-state index contributed by atoms with van der Waals surface area (Å²) in [7, 11) is 1.88. The van der Waals surface area contributed by atoms with Gasteiger partial charge < -0.3 is 10.2 Å². The third-order valence-corrected chi connectivity index (χ3v) is 8.53. The SMILES string of the molecule is Cc1ccc(Cl)c(C(=O)NC[C@@H]2[C@H]3CN(c4ccc(-c5cc(-c6cnn(C)c6)cn6ncc(C#N)c56)cn4)C[C@@H]23)n1. The Morgan fingerprint density at radius 3 is 2.61 bits per heavy atom. The molecule has 41 heavy (non-hydrogen) atoms. The van der Waals surface area contributed by atoms with Crippen molar-refractivity contribution < 1.29 is 4.79 Å². The van der Waals surface area contributed by atoms with E-state index in [1.807, 2.05) is 44.8 Å². The molecule has 1 aliphatic carbocycles. The minimum absolute atomic E-state index is 0.225. The third kappa shape index (κ3) is 4.48. The number of piperidine rings is 1. The molecule has 1 aliphatic heterocycles. The van der Waals surface area contributed by atoms with Crippen LogP contribution in [0, 0.1) is 36.0 Å². The quantitative estimate of drug-likeness (QED) is 0.330. The first-order valence-electron chi connectivity index (χ1n) is 13.4. The smallest absolute Gasteiger partial charge is 0.271 e. The number of rotatable bonds is 6. The van der Waals surface area contributed by atoms with Crippen LogP contribution < -0.4 is 10.2 Å². The van der Waals surface area contributed by atoms with Crippen LogP contribution in [-0.2, 0) is 7.05 Å². The van der Waals surface area contributed by atoms with Gasteiger partial charge >= 0.3 is 0 Å². The van der Waals surface area contributed by atoms with Gasteiger partial charge in [0.15, 0.2) is 0 Å². The van der Waals surface area contributed by atoms with Crippen molar-refractivity contribution in [1.29, 1.82) is 5.26 Å². The van der Waals surface area contributed by atoms with Gasteiger partial charge in [-0.2, -0.15) is 15.5 Å². The summed E-state index contributed by atoms with van der Waals surface area (Å²) in [5, 5.41) is 21.8. The number of aromatic nitrogens is 6. The van der Waals surface area contributed by atoms with Crippen LogP contribution in [0.1, 0.15) is 21.7 Å². The highest BCUT2D eigenvalue weighted by Crippen LogP contribution is 2.52. The van der Waals surface area contributed by atoms with E-state index >= 15 is 0 Å². The normalized spacial score (nSPS) is 19.3. The summed E-state index contributed by atoms with van der Waals surface area (Å²) in [6, 6.07) is 11.9. The van der Waals surface area contributed by atoms with E-state index in [-0.39, 0.29) is 11.6 Å². The number of halogens is 1. The fourth-order valence-electron chi connectivity index (χ4n) is 6.02. The molecule has 5 aromatic rings. The monoisotopic (exact) mass is 563 g/mol. The van der Waals surface area contributed by atoms with Crippen LogP contribution in [0.3, 0.4) is 0 Å². The van der Waals surface area contributed by atoms with E-state index in [1.165, 1.54) is 0 Å². The van der Waals surface area contributed by atoms with Crippen LogP contribution in [-0.4, -0.2) is 54.9 Å². The van der Waals surface area contributed by atoms with Gasteiger partial charge in [0.2, 0.25) is 0 Å². The van der Waals surface area contributed by atoms with E-state index in [4.69, 9.17) is 16.6 Å². The molecular formula is C30H26ClN9O. The molecule has 1 saturated heterocycles. The lowest BCUT2D eigenvalue weighted by atomic mass is 10.0. The van der Waals surface area contributed by atoms with E-state index in [9.17, 15) is 10.1 Å². The zero-order valence-corrected chi connectivity index (χ0v) is 23.2. The zero-order valence-electron chi connectivity index (χ0n) is 22.5. The number of nitriles is 1. The van der Waals surface area contributed by atoms with Crippen LogP contribution in [0.15, 0.2) is 61.3 Å². The first-order valence-corrected chi connectivity index (χ1v) is 13.8. The summed E-state index contributed by atoms with van der Waals surface area (Å²) in [6.45, 7) is 4.27.